The Kier molecular flexibility index (Phi) is 6.63. The van der Waals surface area contributed by atoms with Crippen molar-refractivity contribution in [1.82, 2.24) is 5.43 Å². The van der Waals surface area contributed by atoms with Crippen molar-refractivity contribution >= 4 is 23.1 Å². The smallest absolute Gasteiger partial charge is 0.342 e. The number of nitrogens with one attached hydrogen (secondary N) is 2. The quantitative estimate of drug-likeness (QED) is 0.440. The number of hydrazine groups is 1. The first kappa shape index (κ1) is 18.7. The van der Waals surface area contributed by atoms with Gasteiger partial charge in [-0.1, -0.05) is 48.5 Å². The summed E-state index contributed by atoms with van der Waals surface area (Å²) in [6, 6.07) is 19.6. The number of carbonyl (C=O) groups is 1. The van der Waals surface area contributed by atoms with E-state index in [1.165, 1.54) is 0 Å². The molecular formula is C22H25N3O2. The fourth-order valence-electron chi connectivity index (χ4n) is 3.01. The molecule has 2 aromatic carbocycles. The highest BCUT2D eigenvalue weighted by molar-refractivity contribution is 6.24. The topological polar surface area (TPSA) is 62.7 Å². The molecule has 3 rings (SSSR count). The van der Waals surface area contributed by atoms with Crippen LogP contribution in [0.2, 0.25) is 0 Å². The highest BCUT2D eigenvalue weighted by atomic mass is 16.5. The van der Waals surface area contributed by atoms with Crippen LogP contribution in [0.25, 0.3) is 5.70 Å². The van der Waals surface area contributed by atoms with E-state index in [1.807, 2.05) is 67.6 Å². The van der Waals surface area contributed by atoms with Gasteiger partial charge in [0.05, 0.1) is 23.7 Å². The third-order valence-corrected chi connectivity index (χ3v) is 4.31. The van der Waals surface area contributed by atoms with Crippen molar-refractivity contribution in [3.8, 4) is 0 Å². The lowest BCUT2D eigenvalue weighted by molar-refractivity contribution is -0.137. The third kappa shape index (κ3) is 4.97. The molecule has 0 saturated heterocycles. The van der Waals surface area contributed by atoms with Crippen LogP contribution in [0.15, 0.2) is 71.2 Å². The Morgan fingerprint density at radius 1 is 1.04 bits per heavy atom. The van der Waals surface area contributed by atoms with Crippen molar-refractivity contribution in [3.63, 3.8) is 0 Å². The number of aliphatic imine (C=N–C) groups is 1. The van der Waals surface area contributed by atoms with Crippen LogP contribution >= 0.6 is 0 Å². The zero-order chi connectivity index (χ0) is 18.9. The Morgan fingerprint density at radius 2 is 1.74 bits per heavy atom. The van der Waals surface area contributed by atoms with Gasteiger partial charge in [0.15, 0.2) is 0 Å². The van der Waals surface area contributed by atoms with Crippen molar-refractivity contribution in [3.05, 3.63) is 71.8 Å². The van der Waals surface area contributed by atoms with E-state index in [-0.39, 0.29) is 5.97 Å². The maximum absolute atomic E-state index is 12.8. The number of para-hydroxylation sites is 1. The Bertz CT molecular complexity index is 814. The fraction of sp³-hybridized carbons (Fsp3) is 0.273. The monoisotopic (exact) mass is 363 g/mol. The second-order valence-corrected chi connectivity index (χ2v) is 6.24. The van der Waals surface area contributed by atoms with Crippen LogP contribution in [0.4, 0.5) is 5.69 Å². The van der Waals surface area contributed by atoms with E-state index in [4.69, 9.17) is 4.74 Å². The predicted molar refractivity (Wildman–Crippen MR) is 109 cm³/mol. The van der Waals surface area contributed by atoms with Gasteiger partial charge in [-0.15, -0.1) is 0 Å². The lowest BCUT2D eigenvalue weighted by Gasteiger charge is -2.21. The molecule has 140 valence electrons. The van der Waals surface area contributed by atoms with Gasteiger partial charge < -0.3 is 10.2 Å². The van der Waals surface area contributed by atoms with Crippen LogP contribution < -0.4 is 10.9 Å². The van der Waals surface area contributed by atoms with E-state index >= 15 is 0 Å². The Morgan fingerprint density at radius 3 is 2.37 bits per heavy atom. The molecule has 5 nitrogen and oxygen atoms in total. The van der Waals surface area contributed by atoms with Gasteiger partial charge in [-0.05, 0) is 38.3 Å². The number of benzene rings is 2. The Balaban J connectivity index is 2.04. The van der Waals surface area contributed by atoms with Gasteiger partial charge in [0.25, 0.3) is 0 Å². The lowest BCUT2D eigenvalue weighted by atomic mass is 9.97. The molecule has 0 fully saturated rings. The summed E-state index contributed by atoms with van der Waals surface area (Å²) >= 11 is 0. The summed E-state index contributed by atoms with van der Waals surface area (Å²) in [5.74, 6) is -0.348. The van der Waals surface area contributed by atoms with Crippen LogP contribution in [0.3, 0.4) is 0 Å². The van der Waals surface area contributed by atoms with E-state index in [2.05, 4.69) is 15.8 Å². The minimum atomic E-state index is -0.348. The molecule has 27 heavy (non-hydrogen) atoms. The van der Waals surface area contributed by atoms with Crippen molar-refractivity contribution in [2.45, 2.75) is 26.2 Å². The SMILES string of the molecule is CCOC(=O)/C(C1=NCCCC1)=C(/NNc1ccccc1)c1ccccc1. The normalized spacial score (nSPS) is 14.6. The van der Waals surface area contributed by atoms with Crippen molar-refractivity contribution in [2.75, 3.05) is 18.6 Å². The van der Waals surface area contributed by atoms with Crippen molar-refractivity contribution in [2.24, 2.45) is 4.99 Å². The summed E-state index contributed by atoms with van der Waals surface area (Å²) in [5.41, 5.74) is 10.2. The van der Waals surface area contributed by atoms with Gasteiger partial charge in [-0.2, -0.15) is 0 Å². The number of anilines is 1. The Hall–Kier alpha value is -3.08. The summed E-state index contributed by atoms with van der Waals surface area (Å²) in [6.07, 6.45) is 2.85. The zero-order valence-electron chi connectivity index (χ0n) is 15.6. The molecule has 2 N–H and O–H groups in total. The van der Waals surface area contributed by atoms with E-state index in [1.54, 1.807) is 0 Å². The summed E-state index contributed by atoms with van der Waals surface area (Å²) < 4.78 is 5.37. The van der Waals surface area contributed by atoms with Crippen molar-refractivity contribution in [1.29, 1.82) is 0 Å². The van der Waals surface area contributed by atoms with Crippen molar-refractivity contribution < 1.29 is 9.53 Å². The summed E-state index contributed by atoms with van der Waals surface area (Å²) in [6.45, 7) is 2.88. The van der Waals surface area contributed by atoms with Gasteiger partial charge in [-0.3, -0.25) is 10.4 Å². The fourth-order valence-corrected chi connectivity index (χ4v) is 3.01. The first-order valence-electron chi connectivity index (χ1n) is 9.37. The van der Waals surface area contributed by atoms with E-state index in [0.717, 1.165) is 42.8 Å². The Labute approximate surface area is 160 Å². The van der Waals surface area contributed by atoms with E-state index < -0.39 is 0 Å². The minimum absolute atomic E-state index is 0.323. The summed E-state index contributed by atoms with van der Waals surface area (Å²) in [4.78, 5) is 17.5. The van der Waals surface area contributed by atoms with E-state index in [9.17, 15) is 4.79 Å². The van der Waals surface area contributed by atoms with Crippen LogP contribution in [-0.4, -0.2) is 24.8 Å². The number of hydrogen-bond acceptors (Lipinski definition) is 5. The molecule has 5 heteroatoms. The molecule has 0 bridgehead atoms. The molecule has 0 radical (unpaired) electrons. The van der Waals surface area contributed by atoms with Crippen LogP contribution in [0.5, 0.6) is 0 Å². The highest BCUT2D eigenvalue weighted by Gasteiger charge is 2.24. The first-order chi connectivity index (χ1) is 13.3. The standard InChI is InChI=1S/C22H25N3O2/c1-2-27-22(26)20(19-15-9-10-16-23-19)21(17-11-5-3-6-12-17)25-24-18-13-7-4-8-14-18/h3-8,11-14,24-25H,2,9-10,15-16H2,1H3/b21-20+. The predicted octanol–water partition coefficient (Wildman–Crippen LogP) is 4.20. The number of esters is 1. The maximum atomic E-state index is 12.8. The molecule has 0 aliphatic carbocycles. The van der Waals surface area contributed by atoms with Crippen LogP contribution in [0, 0.1) is 0 Å². The number of hydrogen-bond donors (Lipinski definition) is 2. The first-order valence-corrected chi connectivity index (χ1v) is 9.37. The molecule has 1 aliphatic rings. The number of carbonyl (C=O) groups excluding carboxylic acids is 1. The third-order valence-electron chi connectivity index (χ3n) is 4.31. The minimum Gasteiger partial charge on any atom is -0.462 e. The van der Waals surface area contributed by atoms with Crippen LogP contribution in [-0.2, 0) is 9.53 Å². The number of ether oxygens (including phenoxy) is 1. The second-order valence-electron chi connectivity index (χ2n) is 6.24. The van der Waals surface area contributed by atoms with Gasteiger partial charge >= 0.3 is 5.97 Å². The zero-order valence-corrected chi connectivity index (χ0v) is 15.6. The number of rotatable bonds is 7. The molecule has 0 amide bonds. The average molecular weight is 363 g/mol. The molecule has 1 aliphatic heterocycles. The highest BCUT2D eigenvalue weighted by Crippen LogP contribution is 2.23. The molecule has 0 aromatic heterocycles. The molecule has 0 atom stereocenters. The van der Waals surface area contributed by atoms with E-state index in [0.29, 0.717) is 17.9 Å². The summed E-state index contributed by atoms with van der Waals surface area (Å²) in [7, 11) is 0. The number of nitrogens with zero attached hydrogens (tertiary/aromatic N) is 1. The van der Waals surface area contributed by atoms with Gasteiger partial charge in [0, 0.05) is 12.1 Å². The molecule has 2 aromatic rings. The van der Waals surface area contributed by atoms with Gasteiger partial charge in [0.2, 0.25) is 0 Å². The molecular weight excluding hydrogens is 338 g/mol. The summed E-state index contributed by atoms with van der Waals surface area (Å²) in [5, 5.41) is 0. The molecule has 0 saturated carbocycles. The lowest BCUT2D eigenvalue weighted by Crippen LogP contribution is -2.28. The van der Waals surface area contributed by atoms with Gasteiger partial charge in [-0.25, -0.2) is 4.79 Å². The largest absolute Gasteiger partial charge is 0.462 e. The average Bonchev–Trinajstić information content (AvgIpc) is 2.73. The molecule has 0 unspecified atom stereocenters. The second kappa shape index (κ2) is 9.57. The van der Waals surface area contributed by atoms with Crippen LogP contribution in [0.1, 0.15) is 31.7 Å². The van der Waals surface area contributed by atoms with Gasteiger partial charge in [0.1, 0.15) is 5.57 Å². The maximum Gasteiger partial charge on any atom is 0.342 e. The molecule has 0 spiro atoms. The molecule has 1 heterocycles.